The summed E-state index contributed by atoms with van der Waals surface area (Å²) in [5, 5.41) is 1.84. The lowest BCUT2D eigenvalue weighted by Gasteiger charge is -1.94. The van der Waals surface area contributed by atoms with Crippen molar-refractivity contribution in [2.24, 2.45) is 0 Å². The zero-order valence-corrected chi connectivity index (χ0v) is 8.79. The Morgan fingerprint density at radius 3 is 2.91 bits per heavy atom. The van der Waals surface area contributed by atoms with Crippen LogP contribution in [0.3, 0.4) is 0 Å². The Hall–Kier alpha value is 0.0800. The van der Waals surface area contributed by atoms with Gasteiger partial charge in [-0.15, -0.1) is 0 Å². The van der Waals surface area contributed by atoms with Gasteiger partial charge in [-0.2, -0.15) is 0 Å². The largest absolute Gasteiger partial charge is 0.0971 e. The number of hydrogen-bond donors (Lipinski definition) is 0. The van der Waals surface area contributed by atoms with Crippen molar-refractivity contribution in [2.75, 3.05) is 0 Å². The van der Waals surface area contributed by atoms with Crippen molar-refractivity contribution in [3.8, 4) is 0 Å². The second kappa shape index (κ2) is 4.86. The summed E-state index contributed by atoms with van der Waals surface area (Å²) in [5.74, 6) is 0. The van der Waals surface area contributed by atoms with Gasteiger partial charge in [-0.05, 0) is 23.6 Å². The van der Waals surface area contributed by atoms with Crippen molar-refractivity contribution >= 4 is 39.3 Å². The van der Waals surface area contributed by atoms with Crippen LogP contribution < -0.4 is 0 Å². The topological polar surface area (TPSA) is 0 Å². The fraction of sp³-hybridized carbons (Fsp3) is 0. The number of rotatable bonds is 2. The third kappa shape index (κ3) is 3.32. The quantitative estimate of drug-likeness (QED) is 0.706. The molecular weight excluding hydrogens is 244 g/mol. The van der Waals surface area contributed by atoms with Crippen LogP contribution in [0.1, 0.15) is 0 Å². The van der Waals surface area contributed by atoms with Crippen molar-refractivity contribution in [2.45, 2.75) is 4.90 Å². The van der Waals surface area contributed by atoms with E-state index in [4.69, 9.17) is 11.6 Å². The van der Waals surface area contributed by atoms with E-state index in [1.165, 1.54) is 10.4 Å². The standard InChI is InChI=1S/C8H6BrClS/c9-7-2-1-3-8(6-7)11-5-4-10/h1-6H/b5-4+. The highest BCUT2D eigenvalue weighted by Crippen LogP contribution is 2.22. The smallest absolute Gasteiger partial charge is 0.0186 e. The molecule has 0 saturated carbocycles. The lowest BCUT2D eigenvalue weighted by atomic mass is 10.4. The van der Waals surface area contributed by atoms with Crippen molar-refractivity contribution < 1.29 is 0 Å². The molecule has 1 aromatic carbocycles. The summed E-state index contributed by atoms with van der Waals surface area (Å²) < 4.78 is 1.09. The fourth-order valence-corrected chi connectivity index (χ4v) is 1.91. The lowest BCUT2D eigenvalue weighted by molar-refractivity contribution is 1.44. The third-order valence-electron chi connectivity index (χ3n) is 1.05. The van der Waals surface area contributed by atoms with E-state index in [0.29, 0.717) is 0 Å². The van der Waals surface area contributed by atoms with Gasteiger partial charge in [0.2, 0.25) is 0 Å². The van der Waals surface area contributed by atoms with Crippen molar-refractivity contribution in [3.05, 3.63) is 39.7 Å². The summed E-state index contributed by atoms with van der Waals surface area (Å²) in [6, 6.07) is 8.07. The maximum atomic E-state index is 5.38. The van der Waals surface area contributed by atoms with E-state index in [-0.39, 0.29) is 0 Å². The van der Waals surface area contributed by atoms with Crippen LogP contribution in [-0.4, -0.2) is 0 Å². The molecule has 3 heteroatoms. The van der Waals surface area contributed by atoms with Crippen LogP contribution in [0.5, 0.6) is 0 Å². The van der Waals surface area contributed by atoms with Gasteiger partial charge in [0.05, 0.1) is 0 Å². The molecular formula is C8H6BrClS. The third-order valence-corrected chi connectivity index (χ3v) is 2.62. The molecule has 0 atom stereocenters. The summed E-state index contributed by atoms with van der Waals surface area (Å²) in [6.45, 7) is 0. The molecule has 0 amide bonds. The first-order valence-electron chi connectivity index (χ1n) is 3.00. The normalized spacial score (nSPS) is 10.7. The molecule has 11 heavy (non-hydrogen) atoms. The molecule has 58 valence electrons. The molecule has 0 aliphatic rings. The minimum Gasteiger partial charge on any atom is -0.0971 e. The van der Waals surface area contributed by atoms with Gasteiger partial charge < -0.3 is 0 Å². The van der Waals surface area contributed by atoms with E-state index in [9.17, 15) is 0 Å². The molecule has 0 unspecified atom stereocenters. The van der Waals surface area contributed by atoms with Gasteiger partial charge in [-0.1, -0.05) is 45.4 Å². The molecule has 1 rings (SSSR count). The predicted molar refractivity (Wildman–Crippen MR) is 55.0 cm³/mol. The van der Waals surface area contributed by atoms with Crippen molar-refractivity contribution in [3.63, 3.8) is 0 Å². The molecule has 0 aliphatic carbocycles. The molecule has 0 spiro atoms. The van der Waals surface area contributed by atoms with Crippen LogP contribution in [-0.2, 0) is 0 Å². The van der Waals surface area contributed by atoms with Crippen LogP contribution >= 0.6 is 39.3 Å². The molecule has 0 saturated heterocycles. The Morgan fingerprint density at radius 2 is 2.27 bits per heavy atom. The Kier molecular flexibility index (Phi) is 4.05. The SMILES string of the molecule is Cl/C=C/Sc1cccc(Br)c1. The summed E-state index contributed by atoms with van der Waals surface area (Å²) >= 11 is 10.4. The molecule has 0 aliphatic heterocycles. The van der Waals surface area contributed by atoms with Gasteiger partial charge >= 0.3 is 0 Å². The zero-order chi connectivity index (χ0) is 8.10. The molecule has 0 bridgehead atoms. The van der Waals surface area contributed by atoms with Gasteiger partial charge in [0.25, 0.3) is 0 Å². The molecule has 0 radical (unpaired) electrons. The zero-order valence-electron chi connectivity index (χ0n) is 5.63. The monoisotopic (exact) mass is 248 g/mol. The van der Waals surface area contributed by atoms with Crippen LogP contribution in [0, 0.1) is 0 Å². The Balaban J connectivity index is 2.71. The Morgan fingerprint density at radius 1 is 1.45 bits per heavy atom. The maximum absolute atomic E-state index is 5.38. The van der Waals surface area contributed by atoms with E-state index in [1.54, 1.807) is 11.8 Å². The summed E-state index contributed by atoms with van der Waals surface area (Å²) in [5.41, 5.74) is 1.51. The predicted octanol–water partition coefficient (Wildman–Crippen LogP) is 4.25. The van der Waals surface area contributed by atoms with Crippen LogP contribution in [0.2, 0.25) is 0 Å². The fourth-order valence-electron chi connectivity index (χ4n) is 0.645. The van der Waals surface area contributed by atoms with Gasteiger partial charge in [0, 0.05) is 14.9 Å². The van der Waals surface area contributed by atoms with Gasteiger partial charge in [-0.3, -0.25) is 0 Å². The molecule has 0 N–H and O–H groups in total. The average molecular weight is 250 g/mol. The molecule has 0 aromatic heterocycles. The molecule has 1 aromatic rings. The molecule has 0 heterocycles. The second-order valence-electron chi connectivity index (χ2n) is 1.84. The van der Waals surface area contributed by atoms with Gasteiger partial charge in [0.15, 0.2) is 0 Å². The minimum atomic E-state index is 1.09. The molecule has 0 fully saturated rings. The number of benzene rings is 1. The highest BCUT2D eigenvalue weighted by molar-refractivity contribution is 9.10. The Bertz CT molecular complexity index is 260. The number of halogens is 2. The van der Waals surface area contributed by atoms with Crippen LogP contribution in [0.25, 0.3) is 0 Å². The van der Waals surface area contributed by atoms with Crippen LogP contribution in [0.4, 0.5) is 0 Å². The first kappa shape index (κ1) is 9.17. The summed E-state index contributed by atoms with van der Waals surface area (Å²) in [6.07, 6.45) is 0. The van der Waals surface area contributed by atoms with E-state index >= 15 is 0 Å². The summed E-state index contributed by atoms with van der Waals surface area (Å²) in [7, 11) is 0. The van der Waals surface area contributed by atoms with Crippen molar-refractivity contribution in [1.29, 1.82) is 0 Å². The van der Waals surface area contributed by atoms with E-state index in [2.05, 4.69) is 15.9 Å². The Labute approximate surface area is 83.8 Å². The first-order valence-corrected chi connectivity index (χ1v) is 5.11. The second-order valence-corrected chi connectivity index (χ2v) is 3.98. The highest BCUT2D eigenvalue weighted by Gasteiger charge is 1.89. The minimum absolute atomic E-state index is 1.09. The average Bonchev–Trinajstić information content (AvgIpc) is 2.01. The number of hydrogen-bond acceptors (Lipinski definition) is 1. The van der Waals surface area contributed by atoms with E-state index < -0.39 is 0 Å². The maximum Gasteiger partial charge on any atom is 0.0186 e. The lowest BCUT2D eigenvalue weighted by Crippen LogP contribution is -1.66. The van der Waals surface area contributed by atoms with Gasteiger partial charge in [0.1, 0.15) is 0 Å². The van der Waals surface area contributed by atoms with E-state index in [1.807, 2.05) is 29.7 Å². The molecule has 0 nitrogen and oxygen atoms in total. The first-order chi connectivity index (χ1) is 5.33. The van der Waals surface area contributed by atoms with Gasteiger partial charge in [-0.25, -0.2) is 0 Å². The van der Waals surface area contributed by atoms with Crippen molar-refractivity contribution in [1.82, 2.24) is 0 Å². The van der Waals surface area contributed by atoms with Crippen LogP contribution in [0.15, 0.2) is 44.6 Å². The van der Waals surface area contributed by atoms with E-state index in [0.717, 1.165) is 4.47 Å². The highest BCUT2D eigenvalue weighted by atomic mass is 79.9. The summed E-state index contributed by atoms with van der Waals surface area (Å²) in [4.78, 5) is 1.18. The number of thioether (sulfide) groups is 1.